The molecule has 1 heterocycles. The van der Waals surface area contributed by atoms with E-state index in [0.29, 0.717) is 6.04 Å². The van der Waals surface area contributed by atoms with E-state index in [4.69, 9.17) is 4.99 Å². The summed E-state index contributed by atoms with van der Waals surface area (Å²) in [7, 11) is 4.39. The summed E-state index contributed by atoms with van der Waals surface area (Å²) in [5.41, 5.74) is 0. The summed E-state index contributed by atoms with van der Waals surface area (Å²) in [6.07, 6.45) is 9.76. The highest BCUT2D eigenvalue weighted by molar-refractivity contribution is 14.0. The molecule has 2 N–H and O–H groups in total. The SMILES string of the molecule is CCNC(=NCC(C1CCCCC1)N(C)C)NCCc1ncc(C)s1.I. The summed E-state index contributed by atoms with van der Waals surface area (Å²) in [4.78, 5) is 12.9. The molecule has 1 aliphatic carbocycles. The largest absolute Gasteiger partial charge is 0.357 e. The second-order valence-electron chi connectivity index (χ2n) is 7.19. The molecule has 5 nitrogen and oxygen atoms in total. The van der Waals surface area contributed by atoms with Crippen LogP contribution in [0.4, 0.5) is 0 Å². The number of guanidine groups is 1. The van der Waals surface area contributed by atoms with Gasteiger partial charge in [0, 0.05) is 36.6 Å². The molecule has 0 spiro atoms. The van der Waals surface area contributed by atoms with E-state index in [1.54, 1.807) is 11.3 Å². The zero-order chi connectivity index (χ0) is 18.1. The van der Waals surface area contributed by atoms with Crippen molar-refractivity contribution >= 4 is 41.3 Å². The number of hydrogen-bond donors (Lipinski definition) is 2. The van der Waals surface area contributed by atoms with E-state index < -0.39 is 0 Å². The van der Waals surface area contributed by atoms with Crippen molar-refractivity contribution in [1.82, 2.24) is 20.5 Å². The van der Waals surface area contributed by atoms with Crippen LogP contribution in [0.15, 0.2) is 11.2 Å². The van der Waals surface area contributed by atoms with E-state index in [2.05, 4.69) is 48.5 Å². The van der Waals surface area contributed by atoms with Crippen molar-refractivity contribution in [3.63, 3.8) is 0 Å². The quantitative estimate of drug-likeness (QED) is 0.330. The third kappa shape index (κ3) is 8.08. The Labute approximate surface area is 180 Å². The zero-order valence-electron chi connectivity index (χ0n) is 16.8. The van der Waals surface area contributed by atoms with Crippen LogP contribution in [0.1, 0.15) is 48.9 Å². The lowest BCUT2D eigenvalue weighted by Crippen LogP contribution is -2.42. The molecule has 0 saturated heterocycles. The standard InChI is InChI=1S/C19H35N5S.HI/c1-5-20-19(21-12-11-18-22-13-15(2)25-18)23-14-17(24(3)4)16-9-7-6-8-10-16;/h13,16-17H,5-12,14H2,1-4H3,(H2,20,21,23);1H. The van der Waals surface area contributed by atoms with Crippen LogP contribution < -0.4 is 10.6 Å². The fraction of sp³-hybridized carbons (Fsp3) is 0.789. The summed E-state index contributed by atoms with van der Waals surface area (Å²) >= 11 is 1.78. The molecular weight excluding hydrogens is 457 g/mol. The maximum absolute atomic E-state index is 4.88. The van der Waals surface area contributed by atoms with Crippen LogP contribution >= 0.6 is 35.3 Å². The topological polar surface area (TPSA) is 52.6 Å². The molecule has 0 bridgehead atoms. The van der Waals surface area contributed by atoms with Gasteiger partial charge in [0.15, 0.2) is 5.96 Å². The van der Waals surface area contributed by atoms with Crippen LogP contribution in [0.25, 0.3) is 0 Å². The third-order valence-corrected chi connectivity index (χ3v) is 5.91. The normalized spacial score (nSPS) is 17.0. The van der Waals surface area contributed by atoms with Crippen LogP contribution in [-0.2, 0) is 6.42 Å². The number of thiazole rings is 1. The fourth-order valence-corrected chi connectivity index (χ4v) is 4.37. The molecule has 1 atom stereocenters. The van der Waals surface area contributed by atoms with Gasteiger partial charge in [0.1, 0.15) is 0 Å². The van der Waals surface area contributed by atoms with E-state index in [9.17, 15) is 0 Å². The Hall–Kier alpha value is -0.410. The van der Waals surface area contributed by atoms with Gasteiger partial charge in [0.05, 0.1) is 11.6 Å². The number of nitrogens with zero attached hydrogens (tertiary/aromatic N) is 3. The molecule has 1 fully saturated rings. The number of aliphatic imine (C=N–C) groups is 1. The number of rotatable bonds is 8. The Morgan fingerprint density at radius 1 is 1.31 bits per heavy atom. The van der Waals surface area contributed by atoms with Crippen molar-refractivity contribution < 1.29 is 0 Å². The van der Waals surface area contributed by atoms with Crippen LogP contribution in [0, 0.1) is 12.8 Å². The first-order valence-corrected chi connectivity index (χ1v) is 10.5. The average molecular weight is 494 g/mol. The van der Waals surface area contributed by atoms with E-state index in [1.165, 1.54) is 42.0 Å². The predicted molar refractivity (Wildman–Crippen MR) is 124 cm³/mol. The van der Waals surface area contributed by atoms with E-state index in [-0.39, 0.29) is 24.0 Å². The van der Waals surface area contributed by atoms with Crippen molar-refractivity contribution in [1.29, 1.82) is 0 Å². The smallest absolute Gasteiger partial charge is 0.191 e. The summed E-state index contributed by atoms with van der Waals surface area (Å²) in [5, 5.41) is 8.03. The molecule has 0 aromatic carbocycles. The molecule has 1 unspecified atom stereocenters. The number of likely N-dealkylation sites (N-methyl/N-ethyl adjacent to an activating group) is 1. The number of hydrogen-bond acceptors (Lipinski definition) is 4. The first-order valence-electron chi connectivity index (χ1n) is 9.70. The van der Waals surface area contributed by atoms with E-state index in [1.807, 2.05) is 6.20 Å². The Morgan fingerprint density at radius 2 is 2.04 bits per heavy atom. The first-order chi connectivity index (χ1) is 12.1. The molecule has 2 rings (SSSR count). The van der Waals surface area contributed by atoms with Gasteiger partial charge in [-0.05, 0) is 46.7 Å². The van der Waals surface area contributed by atoms with E-state index >= 15 is 0 Å². The van der Waals surface area contributed by atoms with Crippen LogP contribution in [0.5, 0.6) is 0 Å². The summed E-state index contributed by atoms with van der Waals surface area (Å²) in [6.45, 7) is 6.84. The number of aryl methyl sites for hydroxylation is 1. The molecule has 1 aromatic heterocycles. The summed E-state index contributed by atoms with van der Waals surface area (Å²) in [6, 6.07) is 0.539. The minimum Gasteiger partial charge on any atom is -0.357 e. The number of nitrogens with one attached hydrogen (secondary N) is 2. The molecule has 0 amide bonds. The van der Waals surface area contributed by atoms with Crippen molar-refractivity contribution in [3.8, 4) is 0 Å². The molecule has 7 heteroatoms. The van der Waals surface area contributed by atoms with Crippen molar-refractivity contribution in [2.24, 2.45) is 10.9 Å². The summed E-state index contributed by atoms with van der Waals surface area (Å²) < 4.78 is 0. The lowest BCUT2D eigenvalue weighted by molar-refractivity contribution is 0.176. The minimum absolute atomic E-state index is 0. The van der Waals surface area contributed by atoms with Gasteiger partial charge in [-0.1, -0.05) is 19.3 Å². The number of aromatic nitrogens is 1. The molecule has 0 radical (unpaired) electrons. The lowest BCUT2D eigenvalue weighted by Gasteiger charge is -2.34. The van der Waals surface area contributed by atoms with Crippen molar-refractivity contribution in [2.75, 3.05) is 33.7 Å². The lowest BCUT2D eigenvalue weighted by atomic mass is 9.83. The van der Waals surface area contributed by atoms with Gasteiger partial charge in [-0.2, -0.15) is 0 Å². The molecule has 0 aliphatic heterocycles. The summed E-state index contributed by atoms with van der Waals surface area (Å²) in [5.74, 6) is 1.71. The van der Waals surface area contributed by atoms with Crippen LogP contribution in [0.3, 0.4) is 0 Å². The maximum atomic E-state index is 4.88. The maximum Gasteiger partial charge on any atom is 0.191 e. The second-order valence-corrected chi connectivity index (χ2v) is 8.51. The Bertz CT molecular complexity index is 526. The Balaban J connectivity index is 0.00000338. The van der Waals surface area contributed by atoms with Crippen molar-refractivity contribution in [2.45, 2.75) is 58.4 Å². The van der Waals surface area contributed by atoms with E-state index in [0.717, 1.165) is 37.9 Å². The highest BCUT2D eigenvalue weighted by atomic mass is 127. The van der Waals surface area contributed by atoms with Gasteiger partial charge in [-0.15, -0.1) is 35.3 Å². The minimum atomic E-state index is 0. The fourth-order valence-electron chi connectivity index (χ4n) is 3.58. The van der Waals surface area contributed by atoms with Gasteiger partial charge >= 0.3 is 0 Å². The highest BCUT2D eigenvalue weighted by Gasteiger charge is 2.25. The van der Waals surface area contributed by atoms with Gasteiger partial charge in [-0.25, -0.2) is 4.98 Å². The van der Waals surface area contributed by atoms with Crippen LogP contribution in [-0.4, -0.2) is 55.6 Å². The first kappa shape index (κ1) is 23.6. The Kier molecular flexibility index (Phi) is 11.7. The highest BCUT2D eigenvalue weighted by Crippen LogP contribution is 2.28. The van der Waals surface area contributed by atoms with Crippen molar-refractivity contribution in [3.05, 3.63) is 16.1 Å². The van der Waals surface area contributed by atoms with Gasteiger partial charge in [0.25, 0.3) is 0 Å². The second kappa shape index (κ2) is 12.9. The van der Waals surface area contributed by atoms with Gasteiger partial charge < -0.3 is 15.5 Å². The zero-order valence-corrected chi connectivity index (χ0v) is 19.9. The molecule has 1 aliphatic rings. The molecular formula is C19H36IN5S. The molecule has 150 valence electrons. The monoisotopic (exact) mass is 493 g/mol. The van der Waals surface area contributed by atoms with Gasteiger partial charge in [-0.3, -0.25) is 4.99 Å². The van der Waals surface area contributed by atoms with Crippen LogP contribution in [0.2, 0.25) is 0 Å². The molecule has 26 heavy (non-hydrogen) atoms. The predicted octanol–water partition coefficient (Wildman–Crippen LogP) is 3.68. The van der Waals surface area contributed by atoms with Gasteiger partial charge in [0.2, 0.25) is 0 Å². The number of halogens is 1. The average Bonchev–Trinajstić information content (AvgIpc) is 3.01. The third-order valence-electron chi connectivity index (χ3n) is 4.94. The Morgan fingerprint density at radius 3 is 2.62 bits per heavy atom. The molecule has 1 saturated carbocycles. The molecule has 1 aromatic rings.